The summed E-state index contributed by atoms with van der Waals surface area (Å²) in [6, 6.07) is 5.82. The van der Waals surface area contributed by atoms with E-state index >= 15 is 0 Å². The number of fused-ring (bicyclic) bond motifs is 1. The molecule has 1 amide bonds. The van der Waals surface area contributed by atoms with Crippen LogP contribution in [0.15, 0.2) is 35.1 Å². The van der Waals surface area contributed by atoms with Gasteiger partial charge < -0.3 is 14.6 Å². The fourth-order valence-corrected chi connectivity index (χ4v) is 3.55. The van der Waals surface area contributed by atoms with Crippen molar-refractivity contribution < 1.29 is 9.21 Å². The number of amides is 1. The molecule has 4 heterocycles. The van der Waals surface area contributed by atoms with Crippen molar-refractivity contribution in [2.45, 2.75) is 38.8 Å². The summed E-state index contributed by atoms with van der Waals surface area (Å²) in [5.41, 5.74) is 1.94. The largest absolute Gasteiger partial charge is 0.463 e. The molecule has 0 saturated carbocycles. The molecule has 1 saturated heterocycles. The number of piperidine rings is 1. The lowest BCUT2D eigenvalue weighted by Crippen LogP contribution is -2.43. The molecule has 1 aliphatic rings. The first kappa shape index (κ1) is 17.7. The Morgan fingerprint density at radius 1 is 1.33 bits per heavy atom. The molecule has 0 spiro atoms. The normalized spacial score (nSPS) is 16.3. The second kappa shape index (κ2) is 7.15. The molecule has 7 nitrogen and oxygen atoms in total. The van der Waals surface area contributed by atoms with E-state index in [1.54, 1.807) is 18.5 Å². The number of nitrogens with one attached hydrogen (secondary N) is 1. The number of aromatic nitrogens is 3. The third-order valence-electron chi connectivity index (χ3n) is 5.13. The van der Waals surface area contributed by atoms with Crippen LogP contribution in [-0.4, -0.2) is 51.8 Å². The number of likely N-dealkylation sites (tertiary alicyclic amines) is 1. The maximum absolute atomic E-state index is 13.1. The van der Waals surface area contributed by atoms with Gasteiger partial charge in [0.2, 0.25) is 0 Å². The highest BCUT2D eigenvalue weighted by Gasteiger charge is 2.23. The number of furan rings is 1. The molecular weight excluding hydrogens is 342 g/mol. The highest BCUT2D eigenvalue weighted by Crippen LogP contribution is 2.27. The van der Waals surface area contributed by atoms with Crippen LogP contribution >= 0.6 is 0 Å². The molecule has 0 aliphatic carbocycles. The number of pyridine rings is 1. The van der Waals surface area contributed by atoms with Gasteiger partial charge in [-0.3, -0.25) is 4.79 Å². The number of nitrogens with zero attached hydrogens (tertiary/aromatic N) is 4. The van der Waals surface area contributed by atoms with E-state index in [9.17, 15) is 4.79 Å². The zero-order chi connectivity index (χ0) is 19.0. The summed E-state index contributed by atoms with van der Waals surface area (Å²) < 4.78 is 7.35. The number of carbonyl (C=O) groups is 1. The second-order valence-corrected chi connectivity index (χ2v) is 7.50. The van der Waals surface area contributed by atoms with E-state index in [0.29, 0.717) is 22.7 Å². The predicted molar refractivity (Wildman–Crippen MR) is 104 cm³/mol. The molecule has 0 atom stereocenters. The summed E-state index contributed by atoms with van der Waals surface area (Å²) in [6.45, 7) is 6.09. The van der Waals surface area contributed by atoms with Gasteiger partial charge >= 0.3 is 0 Å². The van der Waals surface area contributed by atoms with Gasteiger partial charge in [0.15, 0.2) is 11.4 Å². The molecule has 0 aromatic carbocycles. The van der Waals surface area contributed by atoms with Crippen LogP contribution in [0.1, 0.15) is 43.1 Å². The van der Waals surface area contributed by atoms with Crippen LogP contribution in [0.4, 0.5) is 0 Å². The monoisotopic (exact) mass is 367 g/mol. The smallest absolute Gasteiger partial charge is 0.252 e. The summed E-state index contributed by atoms with van der Waals surface area (Å²) in [5.74, 6) is 0.565. The average molecular weight is 367 g/mol. The summed E-state index contributed by atoms with van der Waals surface area (Å²) in [6.07, 6.45) is 5.27. The van der Waals surface area contributed by atoms with Crippen molar-refractivity contribution in [3.05, 3.63) is 36.2 Å². The molecule has 3 aromatic heterocycles. The Morgan fingerprint density at radius 3 is 2.78 bits per heavy atom. The molecule has 1 fully saturated rings. The van der Waals surface area contributed by atoms with E-state index < -0.39 is 0 Å². The standard InChI is InChI=1S/C20H25N5O2/c1-13(2)25-19-16(12-21-25)15(11-17(23-19)18-5-4-10-27-18)20(26)22-14-6-8-24(3)9-7-14/h4-5,10-14H,6-9H2,1-3H3,(H,22,26). The van der Waals surface area contributed by atoms with Gasteiger partial charge in [-0.05, 0) is 65.0 Å². The van der Waals surface area contributed by atoms with Crippen molar-refractivity contribution in [2.75, 3.05) is 20.1 Å². The van der Waals surface area contributed by atoms with Crippen molar-refractivity contribution >= 4 is 16.9 Å². The lowest BCUT2D eigenvalue weighted by atomic mass is 10.0. The molecule has 4 rings (SSSR count). The minimum atomic E-state index is -0.0759. The van der Waals surface area contributed by atoms with Gasteiger partial charge in [0.05, 0.1) is 23.4 Å². The van der Waals surface area contributed by atoms with Gasteiger partial charge in [-0.1, -0.05) is 0 Å². The van der Waals surface area contributed by atoms with Crippen molar-refractivity contribution in [3.8, 4) is 11.5 Å². The van der Waals surface area contributed by atoms with Gasteiger partial charge in [0, 0.05) is 12.1 Å². The first-order valence-electron chi connectivity index (χ1n) is 9.44. The maximum Gasteiger partial charge on any atom is 0.252 e. The highest BCUT2D eigenvalue weighted by molar-refractivity contribution is 6.06. The maximum atomic E-state index is 13.1. The van der Waals surface area contributed by atoms with Crippen LogP contribution in [0.3, 0.4) is 0 Å². The fourth-order valence-electron chi connectivity index (χ4n) is 3.55. The molecule has 1 N–H and O–H groups in total. The Labute approximate surface area is 158 Å². The molecular formula is C20H25N5O2. The molecule has 3 aromatic rings. The van der Waals surface area contributed by atoms with Crippen LogP contribution in [0.5, 0.6) is 0 Å². The molecule has 7 heteroatoms. The minimum absolute atomic E-state index is 0.0759. The van der Waals surface area contributed by atoms with Crippen LogP contribution in [0, 0.1) is 0 Å². The van der Waals surface area contributed by atoms with Crippen LogP contribution in [0.2, 0.25) is 0 Å². The number of hydrogen-bond donors (Lipinski definition) is 1. The Morgan fingerprint density at radius 2 is 2.11 bits per heavy atom. The zero-order valence-electron chi connectivity index (χ0n) is 16.0. The third kappa shape index (κ3) is 3.47. The zero-order valence-corrected chi connectivity index (χ0v) is 16.0. The lowest BCUT2D eigenvalue weighted by Gasteiger charge is -2.29. The van der Waals surface area contributed by atoms with Gasteiger partial charge in [-0.25, -0.2) is 9.67 Å². The van der Waals surface area contributed by atoms with Crippen molar-refractivity contribution in [3.63, 3.8) is 0 Å². The SMILES string of the molecule is CC(C)n1ncc2c(C(=O)NC3CCN(C)CC3)cc(-c3ccco3)nc21. The van der Waals surface area contributed by atoms with E-state index in [1.165, 1.54) is 0 Å². The third-order valence-corrected chi connectivity index (χ3v) is 5.13. The molecule has 0 unspecified atom stereocenters. The predicted octanol–water partition coefficient (Wildman–Crippen LogP) is 3.10. The Kier molecular flexibility index (Phi) is 4.70. The summed E-state index contributed by atoms with van der Waals surface area (Å²) in [5, 5.41) is 8.42. The topological polar surface area (TPSA) is 76.2 Å². The summed E-state index contributed by atoms with van der Waals surface area (Å²) in [7, 11) is 2.11. The lowest BCUT2D eigenvalue weighted by molar-refractivity contribution is 0.0918. The van der Waals surface area contributed by atoms with Gasteiger partial charge in [0.1, 0.15) is 5.69 Å². The first-order chi connectivity index (χ1) is 13.0. The second-order valence-electron chi connectivity index (χ2n) is 7.50. The summed E-state index contributed by atoms with van der Waals surface area (Å²) >= 11 is 0. The summed E-state index contributed by atoms with van der Waals surface area (Å²) in [4.78, 5) is 20.1. The van der Waals surface area contributed by atoms with Crippen molar-refractivity contribution in [1.29, 1.82) is 0 Å². The minimum Gasteiger partial charge on any atom is -0.463 e. The average Bonchev–Trinajstić information content (AvgIpc) is 3.32. The van der Waals surface area contributed by atoms with Crippen molar-refractivity contribution in [1.82, 2.24) is 25.0 Å². The quantitative estimate of drug-likeness (QED) is 0.767. The number of carbonyl (C=O) groups excluding carboxylic acids is 1. The Hall–Kier alpha value is -2.67. The van der Waals surface area contributed by atoms with E-state index in [1.807, 2.05) is 30.7 Å². The number of hydrogen-bond acceptors (Lipinski definition) is 5. The van der Waals surface area contributed by atoms with Gasteiger partial charge in [-0.15, -0.1) is 0 Å². The molecule has 0 radical (unpaired) electrons. The first-order valence-corrected chi connectivity index (χ1v) is 9.44. The van der Waals surface area contributed by atoms with Gasteiger partial charge in [-0.2, -0.15) is 5.10 Å². The van der Waals surface area contributed by atoms with E-state index in [0.717, 1.165) is 31.3 Å². The fraction of sp³-hybridized carbons (Fsp3) is 0.450. The van der Waals surface area contributed by atoms with E-state index in [2.05, 4.69) is 22.4 Å². The van der Waals surface area contributed by atoms with Gasteiger partial charge in [0.25, 0.3) is 5.91 Å². The van der Waals surface area contributed by atoms with Crippen molar-refractivity contribution in [2.24, 2.45) is 0 Å². The van der Waals surface area contributed by atoms with Crippen LogP contribution in [-0.2, 0) is 0 Å². The molecule has 142 valence electrons. The molecule has 0 bridgehead atoms. The van der Waals surface area contributed by atoms with E-state index in [4.69, 9.17) is 9.40 Å². The Bertz CT molecular complexity index is 937. The molecule has 27 heavy (non-hydrogen) atoms. The highest BCUT2D eigenvalue weighted by atomic mass is 16.3. The number of rotatable bonds is 4. The van der Waals surface area contributed by atoms with E-state index in [-0.39, 0.29) is 18.0 Å². The molecule has 1 aliphatic heterocycles. The van der Waals surface area contributed by atoms with Crippen LogP contribution in [0.25, 0.3) is 22.5 Å². The van der Waals surface area contributed by atoms with Crippen LogP contribution < -0.4 is 5.32 Å². The Balaban J connectivity index is 1.73.